The molecule has 0 fully saturated rings. The maximum absolute atomic E-state index is 11.9. The number of hydrogen-bond donors (Lipinski definition) is 1. The zero-order valence-electron chi connectivity index (χ0n) is 11.7. The summed E-state index contributed by atoms with van der Waals surface area (Å²) in [5.74, 6) is -0.0739. The number of nitrogens with one attached hydrogen (secondary N) is 1. The fourth-order valence-corrected chi connectivity index (χ4v) is 2.56. The van der Waals surface area contributed by atoms with Crippen LogP contribution in [0.15, 0.2) is 47.4 Å². The predicted octanol–water partition coefficient (Wildman–Crippen LogP) is 4.29. The van der Waals surface area contributed by atoms with Crippen molar-refractivity contribution in [3.8, 4) is 0 Å². The van der Waals surface area contributed by atoms with Crippen LogP contribution in [0, 0.1) is 17.0 Å². The fraction of sp³-hybridized carbons (Fsp3) is 0.133. The molecular weight excluding hydrogens is 324 g/mol. The predicted molar refractivity (Wildman–Crippen MR) is 88.6 cm³/mol. The molecule has 2 aromatic carbocycles. The van der Waals surface area contributed by atoms with Crippen LogP contribution in [0.25, 0.3) is 0 Å². The molecule has 0 spiro atoms. The van der Waals surface area contributed by atoms with E-state index in [2.05, 4.69) is 5.32 Å². The third kappa shape index (κ3) is 4.47. The highest BCUT2D eigenvalue weighted by molar-refractivity contribution is 8.00. The van der Waals surface area contributed by atoms with Crippen molar-refractivity contribution in [3.63, 3.8) is 0 Å². The quantitative estimate of drug-likeness (QED) is 0.502. The van der Waals surface area contributed by atoms with Gasteiger partial charge in [-0.15, -0.1) is 11.8 Å². The summed E-state index contributed by atoms with van der Waals surface area (Å²) in [7, 11) is 0. The van der Waals surface area contributed by atoms with Gasteiger partial charge in [0.05, 0.1) is 21.4 Å². The van der Waals surface area contributed by atoms with E-state index in [1.54, 1.807) is 0 Å². The van der Waals surface area contributed by atoms with Gasteiger partial charge in [-0.05, 0) is 25.1 Å². The van der Waals surface area contributed by atoms with E-state index >= 15 is 0 Å². The Hall–Kier alpha value is -2.05. The minimum Gasteiger partial charge on any atom is -0.324 e. The second kappa shape index (κ2) is 7.29. The molecule has 2 aromatic rings. The minimum absolute atomic E-state index is 0.120. The van der Waals surface area contributed by atoms with Gasteiger partial charge in [0.1, 0.15) is 0 Å². The van der Waals surface area contributed by atoms with Crippen LogP contribution >= 0.6 is 23.4 Å². The molecule has 7 heteroatoms. The first-order chi connectivity index (χ1) is 10.5. The van der Waals surface area contributed by atoms with Crippen LogP contribution in [-0.4, -0.2) is 16.6 Å². The lowest BCUT2D eigenvalue weighted by molar-refractivity contribution is -0.384. The highest BCUT2D eigenvalue weighted by Gasteiger charge is 2.12. The van der Waals surface area contributed by atoms with Gasteiger partial charge < -0.3 is 5.32 Å². The number of carbonyl (C=O) groups is 1. The molecular formula is C15H13ClN2O3S. The number of halogens is 1. The average molecular weight is 337 g/mol. The number of benzene rings is 2. The summed E-state index contributed by atoms with van der Waals surface area (Å²) in [5.41, 5.74) is 1.27. The molecule has 5 nitrogen and oxygen atoms in total. The zero-order chi connectivity index (χ0) is 16.1. The molecule has 114 valence electrons. The van der Waals surface area contributed by atoms with Crippen LogP contribution < -0.4 is 5.32 Å². The van der Waals surface area contributed by atoms with Crippen molar-refractivity contribution < 1.29 is 9.72 Å². The van der Waals surface area contributed by atoms with E-state index in [0.29, 0.717) is 0 Å². The third-order valence-electron chi connectivity index (χ3n) is 2.83. The van der Waals surface area contributed by atoms with Crippen molar-refractivity contribution in [1.82, 2.24) is 0 Å². The fourth-order valence-electron chi connectivity index (χ4n) is 1.69. The van der Waals surface area contributed by atoms with E-state index in [0.717, 1.165) is 10.5 Å². The molecule has 0 saturated heterocycles. The third-order valence-corrected chi connectivity index (χ3v) is 4.17. The molecule has 22 heavy (non-hydrogen) atoms. The number of nitrogens with zero attached hydrogens (tertiary/aromatic N) is 1. The van der Waals surface area contributed by atoms with E-state index in [4.69, 9.17) is 11.6 Å². The molecule has 0 aliphatic heterocycles. The highest BCUT2D eigenvalue weighted by atomic mass is 35.5. The summed E-state index contributed by atoms with van der Waals surface area (Å²) in [6, 6.07) is 11.7. The van der Waals surface area contributed by atoms with Crippen LogP contribution in [0.1, 0.15) is 5.56 Å². The first-order valence-corrected chi connectivity index (χ1v) is 7.75. The smallest absolute Gasteiger partial charge is 0.271 e. The summed E-state index contributed by atoms with van der Waals surface area (Å²) in [6.07, 6.45) is 0. The number of amides is 1. The lowest BCUT2D eigenvalue weighted by Crippen LogP contribution is -2.14. The van der Waals surface area contributed by atoms with Gasteiger partial charge in [-0.25, -0.2) is 0 Å². The Morgan fingerprint density at radius 2 is 1.95 bits per heavy atom. The summed E-state index contributed by atoms with van der Waals surface area (Å²) >= 11 is 7.32. The molecule has 1 N–H and O–H groups in total. The Kier molecular flexibility index (Phi) is 5.41. The topological polar surface area (TPSA) is 72.2 Å². The van der Waals surface area contributed by atoms with Crippen molar-refractivity contribution in [2.75, 3.05) is 11.1 Å². The maximum Gasteiger partial charge on any atom is 0.271 e. The number of carbonyl (C=O) groups excluding carboxylic acids is 1. The van der Waals surface area contributed by atoms with Crippen LogP contribution in [0.4, 0.5) is 11.4 Å². The SMILES string of the molecule is Cc1ccc(SCC(=O)Nc2cc([N+](=O)[O-])ccc2Cl)cc1. The van der Waals surface area contributed by atoms with Crippen LogP contribution in [0.2, 0.25) is 5.02 Å². The molecule has 0 saturated carbocycles. The zero-order valence-corrected chi connectivity index (χ0v) is 13.3. The molecule has 0 aliphatic carbocycles. The Bertz CT molecular complexity index is 704. The number of nitro groups is 1. The number of thioether (sulfide) groups is 1. The van der Waals surface area contributed by atoms with Crippen molar-refractivity contribution in [2.24, 2.45) is 0 Å². The van der Waals surface area contributed by atoms with E-state index in [1.807, 2.05) is 31.2 Å². The van der Waals surface area contributed by atoms with Gasteiger partial charge in [-0.1, -0.05) is 29.3 Å². The van der Waals surface area contributed by atoms with Gasteiger partial charge in [0.15, 0.2) is 0 Å². The molecule has 0 radical (unpaired) electrons. The summed E-state index contributed by atoms with van der Waals surface area (Å²) in [4.78, 5) is 23.1. The normalized spacial score (nSPS) is 10.3. The molecule has 2 rings (SSSR count). The van der Waals surface area contributed by atoms with Crippen LogP contribution in [0.5, 0.6) is 0 Å². The maximum atomic E-state index is 11.9. The van der Waals surface area contributed by atoms with E-state index in [1.165, 1.54) is 30.0 Å². The Labute approximate surface area is 136 Å². The molecule has 0 aromatic heterocycles. The molecule has 0 bridgehead atoms. The first kappa shape index (κ1) is 16.3. The van der Waals surface area contributed by atoms with Crippen molar-refractivity contribution in [1.29, 1.82) is 0 Å². The number of nitro benzene ring substituents is 1. The van der Waals surface area contributed by atoms with Gasteiger partial charge >= 0.3 is 0 Å². The number of hydrogen-bond acceptors (Lipinski definition) is 4. The van der Waals surface area contributed by atoms with Crippen molar-refractivity contribution in [3.05, 3.63) is 63.2 Å². The first-order valence-electron chi connectivity index (χ1n) is 6.39. The van der Waals surface area contributed by atoms with E-state index < -0.39 is 4.92 Å². The number of non-ortho nitro benzene ring substituents is 1. The van der Waals surface area contributed by atoms with Gasteiger partial charge in [-0.3, -0.25) is 14.9 Å². The molecule has 0 aliphatic rings. The minimum atomic E-state index is -0.535. The molecule has 0 atom stereocenters. The standard InChI is InChI=1S/C15H13ClN2O3S/c1-10-2-5-12(6-3-10)22-9-15(19)17-14-8-11(18(20)21)4-7-13(14)16/h2-8H,9H2,1H3,(H,17,19). The summed E-state index contributed by atoms with van der Waals surface area (Å²) in [5, 5.41) is 13.6. The molecule has 0 unspecified atom stereocenters. The van der Waals surface area contributed by atoms with Crippen LogP contribution in [-0.2, 0) is 4.79 Å². The number of rotatable bonds is 5. The van der Waals surface area contributed by atoms with Gasteiger partial charge in [0.25, 0.3) is 5.69 Å². The summed E-state index contributed by atoms with van der Waals surface area (Å²) < 4.78 is 0. The average Bonchev–Trinajstić information content (AvgIpc) is 2.48. The molecule has 0 heterocycles. The second-order valence-corrected chi connectivity index (χ2v) is 6.03. The van der Waals surface area contributed by atoms with Crippen LogP contribution in [0.3, 0.4) is 0 Å². The van der Waals surface area contributed by atoms with Gasteiger partial charge in [0, 0.05) is 17.0 Å². The van der Waals surface area contributed by atoms with Gasteiger partial charge in [0.2, 0.25) is 5.91 Å². The Morgan fingerprint density at radius 3 is 2.59 bits per heavy atom. The number of aryl methyl sites for hydroxylation is 1. The van der Waals surface area contributed by atoms with E-state index in [9.17, 15) is 14.9 Å². The van der Waals surface area contributed by atoms with E-state index in [-0.39, 0.29) is 28.1 Å². The molecule has 1 amide bonds. The largest absolute Gasteiger partial charge is 0.324 e. The van der Waals surface area contributed by atoms with Crippen molar-refractivity contribution in [2.45, 2.75) is 11.8 Å². The second-order valence-electron chi connectivity index (χ2n) is 4.57. The Morgan fingerprint density at radius 1 is 1.27 bits per heavy atom. The Balaban J connectivity index is 1.98. The van der Waals surface area contributed by atoms with Crippen molar-refractivity contribution >= 4 is 40.6 Å². The lowest BCUT2D eigenvalue weighted by atomic mass is 10.2. The lowest BCUT2D eigenvalue weighted by Gasteiger charge is -2.07. The summed E-state index contributed by atoms with van der Waals surface area (Å²) in [6.45, 7) is 1.99. The monoisotopic (exact) mass is 336 g/mol. The highest BCUT2D eigenvalue weighted by Crippen LogP contribution is 2.27. The number of anilines is 1. The van der Waals surface area contributed by atoms with Gasteiger partial charge in [-0.2, -0.15) is 0 Å².